The van der Waals surface area contributed by atoms with Crippen LogP contribution in [0.2, 0.25) is 0 Å². The first kappa shape index (κ1) is 18.3. The molecule has 0 aromatic heterocycles. The fourth-order valence-electron chi connectivity index (χ4n) is 3.25. The van der Waals surface area contributed by atoms with Crippen molar-refractivity contribution < 1.29 is 4.74 Å². The van der Waals surface area contributed by atoms with Gasteiger partial charge in [-0.2, -0.15) is 0 Å². The van der Waals surface area contributed by atoms with Crippen LogP contribution in [0.5, 0.6) is 5.75 Å². The summed E-state index contributed by atoms with van der Waals surface area (Å²) in [7, 11) is 0. The zero-order chi connectivity index (χ0) is 16.3. The van der Waals surface area contributed by atoms with Crippen molar-refractivity contribution in [3.05, 3.63) is 29.8 Å². The molecule has 0 radical (unpaired) electrons. The van der Waals surface area contributed by atoms with Crippen LogP contribution in [0.4, 0.5) is 0 Å². The van der Waals surface area contributed by atoms with E-state index in [9.17, 15) is 0 Å². The summed E-state index contributed by atoms with van der Waals surface area (Å²) in [4.78, 5) is 2.58. The molecule has 2 rings (SSSR count). The van der Waals surface area contributed by atoms with Crippen molar-refractivity contribution in [3.63, 3.8) is 0 Å². The number of piperidine rings is 1. The van der Waals surface area contributed by atoms with E-state index in [1.165, 1.54) is 50.9 Å². The molecule has 0 spiro atoms. The lowest BCUT2D eigenvalue weighted by molar-refractivity contribution is 0.173. The van der Waals surface area contributed by atoms with Gasteiger partial charge in [-0.1, -0.05) is 44.9 Å². The van der Waals surface area contributed by atoms with Crippen molar-refractivity contribution >= 4 is 0 Å². The quantitative estimate of drug-likeness (QED) is 0.658. The number of nitrogens with one attached hydrogen (secondary N) is 1. The number of likely N-dealkylation sites (tertiary alicyclic amines) is 1. The fourth-order valence-corrected chi connectivity index (χ4v) is 3.25. The van der Waals surface area contributed by atoms with Gasteiger partial charge in [0, 0.05) is 12.1 Å². The van der Waals surface area contributed by atoms with Crippen LogP contribution in [0, 0.1) is 5.92 Å². The van der Waals surface area contributed by atoms with Crippen molar-refractivity contribution in [2.75, 3.05) is 32.8 Å². The van der Waals surface area contributed by atoms with Gasteiger partial charge in [-0.25, -0.2) is 0 Å². The molecule has 1 aromatic rings. The van der Waals surface area contributed by atoms with E-state index >= 15 is 0 Å². The van der Waals surface area contributed by atoms with Crippen LogP contribution in [0.1, 0.15) is 51.5 Å². The molecule has 0 saturated carbocycles. The second-order valence-corrected chi connectivity index (χ2v) is 6.69. The topological polar surface area (TPSA) is 24.5 Å². The van der Waals surface area contributed by atoms with Gasteiger partial charge in [0.25, 0.3) is 0 Å². The number of ether oxygens (including phenoxy) is 1. The summed E-state index contributed by atoms with van der Waals surface area (Å²) in [5.41, 5.74) is 1.34. The Morgan fingerprint density at radius 2 is 1.91 bits per heavy atom. The maximum atomic E-state index is 6.02. The summed E-state index contributed by atoms with van der Waals surface area (Å²) in [6.45, 7) is 11.0. The number of para-hydroxylation sites is 1. The molecule has 130 valence electrons. The van der Waals surface area contributed by atoms with Crippen molar-refractivity contribution in [2.45, 2.75) is 52.5 Å². The van der Waals surface area contributed by atoms with E-state index in [4.69, 9.17) is 4.74 Å². The molecule has 0 bridgehead atoms. The van der Waals surface area contributed by atoms with Crippen molar-refractivity contribution in [1.82, 2.24) is 10.2 Å². The summed E-state index contributed by atoms with van der Waals surface area (Å²) >= 11 is 0. The first-order valence-electron chi connectivity index (χ1n) is 9.47. The molecule has 1 aliphatic heterocycles. The highest BCUT2D eigenvalue weighted by molar-refractivity contribution is 5.33. The minimum Gasteiger partial charge on any atom is -0.493 e. The second-order valence-electron chi connectivity index (χ2n) is 6.69. The van der Waals surface area contributed by atoms with Crippen LogP contribution in [-0.4, -0.2) is 37.7 Å². The van der Waals surface area contributed by atoms with Crippen LogP contribution in [0.25, 0.3) is 0 Å². The van der Waals surface area contributed by atoms with E-state index in [1.54, 1.807) is 0 Å². The monoisotopic (exact) mass is 318 g/mol. The van der Waals surface area contributed by atoms with E-state index in [2.05, 4.69) is 48.3 Å². The normalized spacial score (nSPS) is 16.6. The molecular weight excluding hydrogens is 284 g/mol. The van der Waals surface area contributed by atoms with Gasteiger partial charge in [-0.3, -0.25) is 4.90 Å². The molecule has 0 unspecified atom stereocenters. The van der Waals surface area contributed by atoms with Gasteiger partial charge in [-0.05, 0) is 57.4 Å². The first-order valence-corrected chi connectivity index (χ1v) is 9.47. The molecule has 0 aliphatic carbocycles. The molecule has 1 saturated heterocycles. The van der Waals surface area contributed by atoms with Gasteiger partial charge in [0.05, 0.1) is 6.61 Å². The summed E-state index contributed by atoms with van der Waals surface area (Å²) in [5, 5.41) is 3.49. The van der Waals surface area contributed by atoms with Gasteiger partial charge in [0.2, 0.25) is 0 Å². The van der Waals surface area contributed by atoms with Crippen molar-refractivity contribution in [2.24, 2.45) is 5.92 Å². The summed E-state index contributed by atoms with van der Waals surface area (Å²) in [6.07, 6.45) is 6.27. The summed E-state index contributed by atoms with van der Waals surface area (Å²) in [6, 6.07) is 8.56. The summed E-state index contributed by atoms with van der Waals surface area (Å²) in [5.74, 6) is 1.94. The zero-order valence-electron chi connectivity index (χ0n) is 15.0. The predicted molar refractivity (Wildman–Crippen MR) is 98.0 cm³/mol. The van der Waals surface area contributed by atoms with Crippen LogP contribution in [0.3, 0.4) is 0 Å². The number of rotatable bonds is 10. The molecule has 1 aromatic carbocycles. The largest absolute Gasteiger partial charge is 0.493 e. The van der Waals surface area contributed by atoms with Crippen molar-refractivity contribution in [3.8, 4) is 5.75 Å². The van der Waals surface area contributed by atoms with E-state index in [-0.39, 0.29) is 0 Å². The first-order chi connectivity index (χ1) is 11.3. The molecule has 1 fully saturated rings. The molecule has 3 heteroatoms. The Morgan fingerprint density at radius 1 is 1.13 bits per heavy atom. The highest BCUT2D eigenvalue weighted by Gasteiger charge is 2.19. The molecule has 0 amide bonds. The Balaban J connectivity index is 1.79. The van der Waals surface area contributed by atoms with E-state index in [0.717, 1.165) is 37.8 Å². The van der Waals surface area contributed by atoms with E-state index in [1.807, 2.05) is 0 Å². The van der Waals surface area contributed by atoms with Crippen LogP contribution in [0.15, 0.2) is 24.3 Å². The third-order valence-corrected chi connectivity index (χ3v) is 4.76. The summed E-state index contributed by atoms with van der Waals surface area (Å²) < 4.78 is 6.02. The smallest absolute Gasteiger partial charge is 0.123 e. The molecule has 0 atom stereocenters. The maximum absolute atomic E-state index is 6.02. The lowest BCUT2D eigenvalue weighted by Crippen LogP contribution is -2.36. The molecule has 3 nitrogen and oxygen atoms in total. The predicted octanol–water partition coefficient (Wildman–Crippen LogP) is 4.08. The number of hydrogen-bond donors (Lipinski definition) is 1. The highest BCUT2D eigenvalue weighted by atomic mass is 16.5. The van der Waals surface area contributed by atoms with Crippen LogP contribution in [-0.2, 0) is 6.54 Å². The molecule has 1 heterocycles. The van der Waals surface area contributed by atoms with Gasteiger partial charge in [0.15, 0.2) is 0 Å². The molecule has 23 heavy (non-hydrogen) atoms. The third kappa shape index (κ3) is 6.52. The second kappa shape index (κ2) is 10.7. The third-order valence-electron chi connectivity index (χ3n) is 4.76. The van der Waals surface area contributed by atoms with Crippen molar-refractivity contribution in [1.29, 1.82) is 0 Å². The number of nitrogens with zero attached hydrogens (tertiary/aromatic N) is 1. The Kier molecular flexibility index (Phi) is 8.48. The fraction of sp³-hybridized carbons (Fsp3) is 0.700. The lowest BCUT2D eigenvalue weighted by Gasteiger charge is -2.32. The van der Waals surface area contributed by atoms with Gasteiger partial charge in [-0.15, -0.1) is 0 Å². The standard InChI is InChI=1S/C20H34N2O/c1-3-5-8-15-23-20-10-7-6-9-19(20)17-22-13-11-18(12-14-22)16-21-4-2/h6-7,9-10,18,21H,3-5,8,11-17H2,1-2H3. The molecule has 1 N–H and O–H groups in total. The number of benzene rings is 1. The Bertz CT molecular complexity index is 427. The number of unbranched alkanes of at least 4 members (excludes halogenated alkanes) is 2. The Labute approximate surface area is 142 Å². The highest BCUT2D eigenvalue weighted by Crippen LogP contribution is 2.23. The Hall–Kier alpha value is -1.06. The number of hydrogen-bond acceptors (Lipinski definition) is 3. The Morgan fingerprint density at radius 3 is 2.65 bits per heavy atom. The lowest BCUT2D eigenvalue weighted by atomic mass is 9.96. The molecular formula is C20H34N2O. The molecule has 1 aliphatic rings. The van der Waals surface area contributed by atoms with E-state index in [0.29, 0.717) is 0 Å². The zero-order valence-corrected chi connectivity index (χ0v) is 15.0. The average molecular weight is 319 g/mol. The van der Waals surface area contributed by atoms with Crippen LogP contribution < -0.4 is 10.1 Å². The minimum atomic E-state index is 0.843. The minimum absolute atomic E-state index is 0.843. The SMILES string of the molecule is CCCCCOc1ccccc1CN1CCC(CNCC)CC1. The van der Waals surface area contributed by atoms with Gasteiger partial charge < -0.3 is 10.1 Å². The maximum Gasteiger partial charge on any atom is 0.123 e. The van der Waals surface area contributed by atoms with Gasteiger partial charge >= 0.3 is 0 Å². The van der Waals surface area contributed by atoms with Gasteiger partial charge in [0.1, 0.15) is 5.75 Å². The average Bonchev–Trinajstić information content (AvgIpc) is 2.59. The van der Waals surface area contributed by atoms with E-state index < -0.39 is 0 Å². The van der Waals surface area contributed by atoms with Crippen LogP contribution >= 0.6 is 0 Å².